The summed E-state index contributed by atoms with van der Waals surface area (Å²) in [5.41, 5.74) is 0. The van der Waals surface area contributed by atoms with E-state index in [-0.39, 0.29) is 11.8 Å². The molecule has 94 valence electrons. The molecular formula is C11H21NO4. The molecule has 0 rings (SSSR count). The van der Waals surface area contributed by atoms with E-state index in [1.54, 1.807) is 13.8 Å². The number of rotatable bonds is 6. The Morgan fingerprint density at radius 3 is 1.75 bits per heavy atom. The van der Waals surface area contributed by atoms with Gasteiger partial charge in [0.2, 0.25) is 0 Å². The van der Waals surface area contributed by atoms with E-state index in [0.717, 1.165) is 0 Å². The number of carboxylic acid groups (broad SMARTS) is 1. The van der Waals surface area contributed by atoms with Crippen LogP contribution in [0.5, 0.6) is 0 Å². The van der Waals surface area contributed by atoms with Gasteiger partial charge >= 0.3 is 11.9 Å². The molecule has 0 spiro atoms. The predicted molar refractivity (Wildman–Crippen MR) is 60.0 cm³/mol. The lowest BCUT2D eigenvalue weighted by Gasteiger charge is -2.26. The lowest BCUT2D eigenvalue weighted by molar-refractivity contribution is -0.146. The summed E-state index contributed by atoms with van der Waals surface area (Å²) in [5, 5.41) is 11.8. The van der Waals surface area contributed by atoms with Gasteiger partial charge in [-0.1, -0.05) is 27.7 Å². The molecule has 0 aliphatic heterocycles. The molecule has 5 nitrogen and oxygen atoms in total. The Bertz CT molecular complexity index is 250. The fourth-order valence-corrected chi connectivity index (χ4v) is 1.40. The fraction of sp³-hybridized carbons (Fsp3) is 0.818. The lowest BCUT2D eigenvalue weighted by Crippen LogP contribution is -2.52. The average molecular weight is 231 g/mol. The number of aliphatic carboxylic acids is 1. The van der Waals surface area contributed by atoms with E-state index >= 15 is 0 Å². The Hall–Kier alpha value is -1.10. The van der Waals surface area contributed by atoms with E-state index in [2.05, 4.69) is 10.1 Å². The molecule has 0 heterocycles. The van der Waals surface area contributed by atoms with Crippen LogP contribution in [0.3, 0.4) is 0 Å². The highest BCUT2D eigenvalue weighted by molar-refractivity contribution is 5.79. The first-order chi connectivity index (χ1) is 7.31. The number of hydrogen-bond acceptors (Lipinski definition) is 4. The van der Waals surface area contributed by atoms with Crippen molar-refractivity contribution < 1.29 is 19.4 Å². The van der Waals surface area contributed by atoms with Crippen LogP contribution >= 0.6 is 0 Å². The molecule has 5 heteroatoms. The lowest BCUT2D eigenvalue weighted by atomic mass is 9.99. The zero-order valence-electron chi connectivity index (χ0n) is 10.5. The maximum absolute atomic E-state index is 11.5. The second-order valence-corrected chi connectivity index (χ2v) is 4.47. The minimum Gasteiger partial charge on any atom is -0.480 e. The van der Waals surface area contributed by atoms with Gasteiger partial charge in [0.15, 0.2) is 0 Å². The van der Waals surface area contributed by atoms with Crippen LogP contribution in [-0.2, 0) is 14.3 Å². The van der Waals surface area contributed by atoms with Crippen molar-refractivity contribution in [1.29, 1.82) is 0 Å². The zero-order valence-corrected chi connectivity index (χ0v) is 10.5. The van der Waals surface area contributed by atoms with Gasteiger partial charge in [-0.15, -0.1) is 0 Å². The van der Waals surface area contributed by atoms with Crippen molar-refractivity contribution in [2.24, 2.45) is 11.8 Å². The van der Waals surface area contributed by atoms with Gasteiger partial charge in [0, 0.05) is 0 Å². The molecule has 2 N–H and O–H groups in total. The maximum atomic E-state index is 11.5. The van der Waals surface area contributed by atoms with E-state index in [0.29, 0.717) is 0 Å². The Labute approximate surface area is 96.2 Å². The third-order valence-electron chi connectivity index (χ3n) is 2.41. The SMILES string of the molecule is COC(=O)C(NC(C(=O)O)C(C)C)C(C)C. The number of esters is 1. The largest absolute Gasteiger partial charge is 0.480 e. The van der Waals surface area contributed by atoms with E-state index in [4.69, 9.17) is 5.11 Å². The summed E-state index contributed by atoms with van der Waals surface area (Å²) < 4.78 is 4.64. The molecule has 0 aliphatic carbocycles. The quantitative estimate of drug-likeness (QED) is 0.664. The first-order valence-electron chi connectivity index (χ1n) is 5.37. The number of nitrogens with one attached hydrogen (secondary N) is 1. The molecule has 0 amide bonds. The fourth-order valence-electron chi connectivity index (χ4n) is 1.40. The molecule has 0 bridgehead atoms. The van der Waals surface area contributed by atoms with Crippen molar-refractivity contribution in [1.82, 2.24) is 5.32 Å². The van der Waals surface area contributed by atoms with Gasteiger partial charge in [0.25, 0.3) is 0 Å². The van der Waals surface area contributed by atoms with Crippen molar-refractivity contribution in [3.63, 3.8) is 0 Å². The maximum Gasteiger partial charge on any atom is 0.323 e. The Kier molecular flexibility index (Phi) is 6.03. The van der Waals surface area contributed by atoms with Gasteiger partial charge in [0.05, 0.1) is 7.11 Å². The van der Waals surface area contributed by atoms with Gasteiger partial charge in [-0.2, -0.15) is 0 Å². The zero-order chi connectivity index (χ0) is 12.9. The van der Waals surface area contributed by atoms with E-state index in [9.17, 15) is 9.59 Å². The number of carbonyl (C=O) groups excluding carboxylic acids is 1. The highest BCUT2D eigenvalue weighted by atomic mass is 16.5. The van der Waals surface area contributed by atoms with Crippen LogP contribution in [0.15, 0.2) is 0 Å². The molecule has 0 aromatic rings. The number of carboxylic acids is 1. The molecule has 2 unspecified atom stereocenters. The van der Waals surface area contributed by atoms with Gasteiger partial charge in [-0.25, -0.2) is 0 Å². The van der Waals surface area contributed by atoms with Crippen molar-refractivity contribution in [3.8, 4) is 0 Å². The van der Waals surface area contributed by atoms with Crippen LogP contribution in [0.1, 0.15) is 27.7 Å². The Morgan fingerprint density at radius 1 is 1.06 bits per heavy atom. The summed E-state index contributed by atoms with van der Waals surface area (Å²) in [5.74, 6) is -1.50. The highest BCUT2D eigenvalue weighted by Crippen LogP contribution is 2.09. The third kappa shape index (κ3) is 4.18. The molecular weight excluding hydrogens is 210 g/mol. The van der Waals surface area contributed by atoms with E-state index < -0.39 is 24.0 Å². The van der Waals surface area contributed by atoms with Crippen LogP contribution in [0.25, 0.3) is 0 Å². The summed E-state index contributed by atoms with van der Waals surface area (Å²) in [6, 6.07) is -1.33. The average Bonchev–Trinajstić information content (AvgIpc) is 2.15. The normalized spacial score (nSPS) is 14.9. The van der Waals surface area contributed by atoms with Crippen LogP contribution in [-0.4, -0.2) is 36.2 Å². The predicted octanol–water partition coefficient (Wildman–Crippen LogP) is 0.883. The molecule has 0 fully saturated rings. The molecule has 0 aromatic heterocycles. The number of carbonyl (C=O) groups is 2. The minimum atomic E-state index is -0.954. The molecule has 2 atom stereocenters. The minimum absolute atomic E-state index is 0.0203. The van der Waals surface area contributed by atoms with Gasteiger partial charge in [-0.05, 0) is 11.8 Å². The van der Waals surface area contributed by atoms with Crippen LogP contribution < -0.4 is 5.32 Å². The summed E-state index contributed by atoms with van der Waals surface area (Å²) in [6.07, 6.45) is 0. The van der Waals surface area contributed by atoms with Crippen molar-refractivity contribution in [3.05, 3.63) is 0 Å². The van der Waals surface area contributed by atoms with Crippen LogP contribution in [0.4, 0.5) is 0 Å². The summed E-state index contributed by atoms with van der Waals surface area (Å²) >= 11 is 0. The van der Waals surface area contributed by atoms with E-state index in [1.807, 2.05) is 13.8 Å². The molecule has 0 radical (unpaired) electrons. The van der Waals surface area contributed by atoms with Gasteiger partial charge in [0.1, 0.15) is 12.1 Å². The second kappa shape index (κ2) is 6.48. The molecule has 0 aromatic carbocycles. The molecule has 0 saturated heterocycles. The molecule has 0 saturated carbocycles. The Morgan fingerprint density at radius 2 is 1.50 bits per heavy atom. The highest BCUT2D eigenvalue weighted by Gasteiger charge is 2.30. The van der Waals surface area contributed by atoms with Gasteiger partial charge in [-0.3, -0.25) is 14.9 Å². The first-order valence-corrected chi connectivity index (χ1v) is 5.37. The van der Waals surface area contributed by atoms with Crippen molar-refractivity contribution in [2.75, 3.05) is 7.11 Å². The topological polar surface area (TPSA) is 75.6 Å². The third-order valence-corrected chi connectivity index (χ3v) is 2.41. The van der Waals surface area contributed by atoms with Crippen molar-refractivity contribution in [2.45, 2.75) is 39.8 Å². The van der Waals surface area contributed by atoms with Crippen LogP contribution in [0.2, 0.25) is 0 Å². The van der Waals surface area contributed by atoms with Crippen LogP contribution in [0, 0.1) is 11.8 Å². The first kappa shape index (κ1) is 14.9. The molecule has 0 aliphatic rings. The summed E-state index contributed by atoms with van der Waals surface area (Å²) in [4.78, 5) is 22.5. The van der Waals surface area contributed by atoms with Crippen molar-refractivity contribution >= 4 is 11.9 Å². The molecule has 16 heavy (non-hydrogen) atoms. The number of methoxy groups -OCH3 is 1. The monoisotopic (exact) mass is 231 g/mol. The van der Waals surface area contributed by atoms with E-state index in [1.165, 1.54) is 7.11 Å². The van der Waals surface area contributed by atoms with Gasteiger partial charge < -0.3 is 9.84 Å². The standard InChI is InChI=1S/C11H21NO4/c1-6(2)8(10(13)14)12-9(7(3)4)11(15)16-5/h6-9,12H,1-5H3,(H,13,14). The number of ether oxygens (including phenoxy) is 1. The summed E-state index contributed by atoms with van der Waals surface area (Å²) in [7, 11) is 1.30. The second-order valence-electron chi connectivity index (χ2n) is 4.47. The summed E-state index contributed by atoms with van der Waals surface area (Å²) in [6.45, 7) is 7.27. The number of hydrogen-bond donors (Lipinski definition) is 2. The smallest absolute Gasteiger partial charge is 0.323 e. The Balaban J connectivity index is 4.71.